The van der Waals surface area contributed by atoms with Crippen LogP contribution in [0.2, 0.25) is 0 Å². The Morgan fingerprint density at radius 2 is 1.69 bits per heavy atom. The van der Waals surface area contributed by atoms with E-state index in [-0.39, 0.29) is 12.0 Å². The zero-order valence-corrected chi connectivity index (χ0v) is 8.29. The van der Waals surface area contributed by atoms with Crippen LogP contribution >= 0.6 is 0 Å². The third-order valence-electron chi connectivity index (χ3n) is 3.27. The summed E-state index contributed by atoms with van der Waals surface area (Å²) in [6.45, 7) is 3.55. The summed E-state index contributed by atoms with van der Waals surface area (Å²) >= 11 is 0. The van der Waals surface area contributed by atoms with E-state index in [1.54, 1.807) is 13.8 Å². The molecule has 3 heteroatoms. The third-order valence-corrected chi connectivity index (χ3v) is 3.27. The molecule has 0 unspecified atom stereocenters. The summed E-state index contributed by atoms with van der Waals surface area (Å²) in [6.07, 6.45) is 2.96. The molecule has 0 amide bonds. The van der Waals surface area contributed by atoms with Crippen LogP contribution in [0.1, 0.15) is 39.5 Å². The third kappa shape index (κ3) is 2.21. The van der Waals surface area contributed by atoms with Gasteiger partial charge in [-0.15, -0.1) is 0 Å². The zero-order chi connectivity index (χ0) is 10.1. The molecule has 13 heavy (non-hydrogen) atoms. The Hall–Kier alpha value is -0.570. The lowest BCUT2D eigenvalue weighted by Gasteiger charge is -2.34. The van der Waals surface area contributed by atoms with Gasteiger partial charge in [0.25, 0.3) is 0 Å². The number of aliphatic carboxylic acids is 1. The maximum absolute atomic E-state index is 10.9. The van der Waals surface area contributed by atoms with Gasteiger partial charge in [-0.1, -0.05) is 0 Å². The minimum atomic E-state index is -0.728. The molecule has 0 saturated heterocycles. The first-order chi connectivity index (χ1) is 5.94. The molecule has 76 valence electrons. The Kier molecular flexibility index (Phi) is 2.96. The summed E-state index contributed by atoms with van der Waals surface area (Å²) in [4.78, 5) is 10.9. The standard InChI is InChI=1S/C10H18O3/c1-10(2,9(12)13)7-3-5-8(11)6-4-7/h7-8,11H,3-6H2,1-2H3,(H,12,13). The van der Waals surface area contributed by atoms with Crippen molar-refractivity contribution in [3.63, 3.8) is 0 Å². The van der Waals surface area contributed by atoms with Gasteiger partial charge in [0.1, 0.15) is 0 Å². The largest absolute Gasteiger partial charge is 0.481 e. The summed E-state index contributed by atoms with van der Waals surface area (Å²) in [6, 6.07) is 0. The van der Waals surface area contributed by atoms with Crippen LogP contribution in [0.15, 0.2) is 0 Å². The number of aliphatic hydroxyl groups excluding tert-OH is 1. The van der Waals surface area contributed by atoms with Gasteiger partial charge in [-0.2, -0.15) is 0 Å². The topological polar surface area (TPSA) is 57.5 Å². The fourth-order valence-electron chi connectivity index (χ4n) is 1.97. The SMILES string of the molecule is CC(C)(C(=O)O)C1CCC(O)CC1. The first kappa shape index (κ1) is 10.5. The van der Waals surface area contributed by atoms with E-state index < -0.39 is 11.4 Å². The Labute approximate surface area is 78.8 Å². The molecule has 0 spiro atoms. The normalized spacial score (nSPS) is 30.1. The summed E-state index contributed by atoms with van der Waals surface area (Å²) in [5, 5.41) is 18.3. The summed E-state index contributed by atoms with van der Waals surface area (Å²) < 4.78 is 0. The molecule has 1 fully saturated rings. The molecular weight excluding hydrogens is 168 g/mol. The van der Waals surface area contributed by atoms with Crippen LogP contribution in [-0.4, -0.2) is 22.3 Å². The van der Waals surface area contributed by atoms with E-state index in [0.29, 0.717) is 0 Å². The van der Waals surface area contributed by atoms with Crippen molar-refractivity contribution in [2.75, 3.05) is 0 Å². The molecule has 0 atom stereocenters. The quantitative estimate of drug-likeness (QED) is 0.689. The van der Waals surface area contributed by atoms with E-state index in [4.69, 9.17) is 5.11 Å². The van der Waals surface area contributed by atoms with Gasteiger partial charge in [0.15, 0.2) is 0 Å². The molecule has 1 rings (SSSR count). The van der Waals surface area contributed by atoms with Crippen molar-refractivity contribution >= 4 is 5.97 Å². The molecule has 1 aliphatic rings. The van der Waals surface area contributed by atoms with E-state index in [0.717, 1.165) is 25.7 Å². The number of aliphatic hydroxyl groups is 1. The Balaban J connectivity index is 2.58. The van der Waals surface area contributed by atoms with Crippen molar-refractivity contribution < 1.29 is 15.0 Å². The smallest absolute Gasteiger partial charge is 0.309 e. The van der Waals surface area contributed by atoms with Crippen LogP contribution in [0.3, 0.4) is 0 Å². The predicted octanol–water partition coefficient (Wildman–Crippen LogP) is 1.65. The molecule has 1 aliphatic carbocycles. The second-order valence-electron chi connectivity index (χ2n) is 4.53. The number of rotatable bonds is 2. The lowest BCUT2D eigenvalue weighted by atomic mass is 9.70. The van der Waals surface area contributed by atoms with E-state index >= 15 is 0 Å². The van der Waals surface area contributed by atoms with Crippen LogP contribution in [0.25, 0.3) is 0 Å². The second-order valence-corrected chi connectivity index (χ2v) is 4.53. The monoisotopic (exact) mass is 186 g/mol. The summed E-state index contributed by atoms with van der Waals surface area (Å²) in [7, 11) is 0. The minimum Gasteiger partial charge on any atom is -0.481 e. The van der Waals surface area contributed by atoms with Crippen molar-refractivity contribution in [3.05, 3.63) is 0 Å². The number of carbonyl (C=O) groups is 1. The lowest BCUT2D eigenvalue weighted by Crippen LogP contribution is -2.36. The van der Waals surface area contributed by atoms with Gasteiger partial charge in [-0.3, -0.25) is 4.79 Å². The van der Waals surface area contributed by atoms with Gasteiger partial charge in [-0.05, 0) is 45.4 Å². The van der Waals surface area contributed by atoms with Crippen LogP contribution in [0, 0.1) is 11.3 Å². The predicted molar refractivity (Wildman–Crippen MR) is 49.4 cm³/mol. The fourth-order valence-corrected chi connectivity index (χ4v) is 1.97. The van der Waals surface area contributed by atoms with E-state index in [2.05, 4.69) is 0 Å². The first-order valence-corrected chi connectivity index (χ1v) is 4.86. The van der Waals surface area contributed by atoms with Gasteiger partial charge < -0.3 is 10.2 Å². The molecule has 3 nitrogen and oxygen atoms in total. The van der Waals surface area contributed by atoms with E-state index in [1.165, 1.54) is 0 Å². The van der Waals surface area contributed by atoms with E-state index in [9.17, 15) is 9.90 Å². The van der Waals surface area contributed by atoms with Gasteiger partial charge in [0.05, 0.1) is 11.5 Å². The zero-order valence-electron chi connectivity index (χ0n) is 8.29. The lowest BCUT2D eigenvalue weighted by molar-refractivity contribution is -0.151. The Bertz CT molecular complexity index is 190. The Morgan fingerprint density at radius 1 is 1.23 bits per heavy atom. The van der Waals surface area contributed by atoms with Crippen molar-refractivity contribution in [1.82, 2.24) is 0 Å². The molecule has 0 bridgehead atoms. The van der Waals surface area contributed by atoms with Gasteiger partial charge in [0, 0.05) is 0 Å². The highest BCUT2D eigenvalue weighted by Gasteiger charge is 2.38. The summed E-state index contributed by atoms with van der Waals surface area (Å²) in [5.41, 5.74) is -0.639. The molecule has 0 aromatic heterocycles. The number of hydrogen-bond donors (Lipinski definition) is 2. The van der Waals surface area contributed by atoms with Crippen LogP contribution in [-0.2, 0) is 4.79 Å². The molecule has 0 aromatic rings. The fraction of sp³-hybridized carbons (Fsp3) is 0.900. The van der Waals surface area contributed by atoms with Crippen molar-refractivity contribution in [1.29, 1.82) is 0 Å². The first-order valence-electron chi connectivity index (χ1n) is 4.86. The second kappa shape index (κ2) is 3.66. The highest BCUT2D eigenvalue weighted by molar-refractivity contribution is 5.74. The minimum absolute atomic E-state index is 0.208. The van der Waals surface area contributed by atoms with Crippen molar-refractivity contribution in [2.24, 2.45) is 11.3 Å². The number of carboxylic acids is 1. The van der Waals surface area contributed by atoms with Gasteiger partial charge >= 0.3 is 5.97 Å². The Morgan fingerprint density at radius 3 is 2.08 bits per heavy atom. The van der Waals surface area contributed by atoms with Crippen LogP contribution < -0.4 is 0 Å². The molecule has 0 aromatic carbocycles. The highest BCUT2D eigenvalue weighted by atomic mass is 16.4. The van der Waals surface area contributed by atoms with Crippen LogP contribution in [0.4, 0.5) is 0 Å². The van der Waals surface area contributed by atoms with Crippen molar-refractivity contribution in [3.8, 4) is 0 Å². The average Bonchev–Trinajstić information content (AvgIpc) is 2.04. The maximum atomic E-state index is 10.9. The molecule has 0 heterocycles. The van der Waals surface area contributed by atoms with E-state index in [1.807, 2.05) is 0 Å². The van der Waals surface area contributed by atoms with Gasteiger partial charge in [0.2, 0.25) is 0 Å². The number of hydrogen-bond acceptors (Lipinski definition) is 2. The van der Waals surface area contributed by atoms with Crippen molar-refractivity contribution in [2.45, 2.75) is 45.6 Å². The van der Waals surface area contributed by atoms with Gasteiger partial charge in [-0.25, -0.2) is 0 Å². The highest BCUT2D eigenvalue weighted by Crippen LogP contribution is 2.38. The average molecular weight is 186 g/mol. The molecule has 2 N–H and O–H groups in total. The number of carboxylic acid groups (broad SMARTS) is 1. The molecule has 0 radical (unpaired) electrons. The molecular formula is C10H18O3. The summed E-state index contributed by atoms with van der Waals surface area (Å²) in [5.74, 6) is -0.512. The van der Waals surface area contributed by atoms with Crippen LogP contribution in [0.5, 0.6) is 0 Å². The molecule has 1 saturated carbocycles. The maximum Gasteiger partial charge on any atom is 0.309 e. The molecule has 0 aliphatic heterocycles.